The summed E-state index contributed by atoms with van der Waals surface area (Å²) in [6.45, 7) is 16.6. The molecule has 0 radical (unpaired) electrons. The van der Waals surface area contributed by atoms with Crippen molar-refractivity contribution in [2.45, 2.75) is 136 Å². The predicted octanol–water partition coefficient (Wildman–Crippen LogP) is 7.63. The second kappa shape index (κ2) is 27.7. The molecule has 0 spiro atoms. The number of nitro groups is 2. The number of likely N-dealkylation sites (tertiary alicyclic amines) is 1. The van der Waals surface area contributed by atoms with E-state index in [-0.39, 0.29) is 66.4 Å². The number of rotatable bonds is 26. The van der Waals surface area contributed by atoms with Gasteiger partial charge in [-0.15, -0.1) is 0 Å². The molecule has 6 rings (SSSR count). The SMILES string of the molecule is CNC(=O)C(NC(=O)CNC(=O)C(CC(C)C)NC(=O)C1CCCN1C(=O)CNC(=O)CCCCCN1/C(=C/C=C/C=C/C=C/C2=[N+](Cc3cc([N+](=O)[O-])cc([N+](=O)[O-])c3)c3ccccc3C2(C)C)C(C)(C)c2ccccc21)C(C)C. The summed E-state index contributed by atoms with van der Waals surface area (Å²) in [7, 11) is 1.47. The Morgan fingerprint density at radius 1 is 0.753 bits per heavy atom. The van der Waals surface area contributed by atoms with Crippen molar-refractivity contribution >= 4 is 63.9 Å². The zero-order valence-corrected chi connectivity index (χ0v) is 48.1. The van der Waals surface area contributed by atoms with Crippen LogP contribution in [0.15, 0.2) is 115 Å². The van der Waals surface area contributed by atoms with Crippen molar-refractivity contribution in [3.05, 3.63) is 152 Å². The summed E-state index contributed by atoms with van der Waals surface area (Å²) in [5.74, 6) is -2.79. The first-order valence-corrected chi connectivity index (χ1v) is 27.9. The lowest BCUT2D eigenvalue weighted by Gasteiger charge is -2.27. The molecular formula is C61H79N10O10+. The van der Waals surface area contributed by atoms with Crippen molar-refractivity contribution in [3.8, 4) is 0 Å². The molecule has 3 heterocycles. The number of unbranched alkanes of at least 4 members (excludes halogenated alkanes) is 2. The Morgan fingerprint density at radius 2 is 1.41 bits per heavy atom. The van der Waals surface area contributed by atoms with Gasteiger partial charge in [-0.2, -0.15) is 4.58 Å². The highest BCUT2D eigenvalue weighted by molar-refractivity contribution is 6.03. The molecule has 6 amide bonds. The van der Waals surface area contributed by atoms with Crippen LogP contribution in [0.4, 0.5) is 22.7 Å². The van der Waals surface area contributed by atoms with Crippen LogP contribution >= 0.6 is 0 Å². The molecule has 0 aliphatic carbocycles. The molecule has 1 fully saturated rings. The third-order valence-corrected chi connectivity index (χ3v) is 15.1. The van der Waals surface area contributed by atoms with Gasteiger partial charge >= 0.3 is 0 Å². The molecule has 3 aliphatic heterocycles. The van der Waals surface area contributed by atoms with Gasteiger partial charge in [-0.1, -0.05) is 115 Å². The molecule has 3 aliphatic rings. The number of nitro benzene ring substituents is 2. The quantitative estimate of drug-likeness (QED) is 0.0172. The molecule has 3 aromatic carbocycles. The number of fused-ring (bicyclic) bond motifs is 2. The molecule has 0 saturated carbocycles. The van der Waals surface area contributed by atoms with Crippen molar-refractivity contribution in [1.29, 1.82) is 0 Å². The van der Waals surface area contributed by atoms with Gasteiger partial charge in [-0.3, -0.25) is 49.0 Å². The Kier molecular flexibility index (Phi) is 21.2. The molecule has 20 heteroatoms. The summed E-state index contributed by atoms with van der Waals surface area (Å²) in [4.78, 5) is 104. The Balaban J connectivity index is 1.00. The fourth-order valence-corrected chi connectivity index (χ4v) is 10.9. The molecule has 81 heavy (non-hydrogen) atoms. The van der Waals surface area contributed by atoms with Gasteiger partial charge < -0.3 is 36.4 Å². The summed E-state index contributed by atoms with van der Waals surface area (Å²) < 4.78 is 2.05. The number of likely N-dealkylation sites (N-methyl/N-ethyl adjacent to an activating group) is 1. The highest BCUT2D eigenvalue weighted by Crippen LogP contribution is 2.48. The lowest BCUT2D eigenvalue weighted by molar-refractivity contribution is -0.455. The molecule has 3 unspecified atom stereocenters. The second-order valence-electron chi connectivity index (χ2n) is 22.6. The van der Waals surface area contributed by atoms with Gasteiger partial charge in [0, 0.05) is 78.8 Å². The van der Waals surface area contributed by atoms with Gasteiger partial charge in [0.2, 0.25) is 41.1 Å². The number of hydrogen-bond donors (Lipinski definition) is 5. The number of carbonyl (C=O) groups is 6. The summed E-state index contributed by atoms with van der Waals surface area (Å²) in [5, 5.41) is 36.7. The number of amides is 6. The highest BCUT2D eigenvalue weighted by atomic mass is 16.6. The first-order chi connectivity index (χ1) is 38.5. The second-order valence-corrected chi connectivity index (χ2v) is 22.6. The Hall–Kier alpha value is -8.29. The molecule has 3 atom stereocenters. The highest BCUT2D eigenvalue weighted by Gasteiger charge is 2.45. The minimum Gasteiger partial charge on any atom is -0.357 e. The fraction of sp³-hybridized carbons (Fsp3) is 0.459. The Bertz CT molecular complexity index is 3000. The zero-order chi connectivity index (χ0) is 59.2. The van der Waals surface area contributed by atoms with E-state index < -0.39 is 63.6 Å². The third-order valence-electron chi connectivity index (χ3n) is 15.1. The van der Waals surface area contributed by atoms with Crippen LogP contribution in [0.3, 0.4) is 0 Å². The number of nitrogens with zero attached hydrogens (tertiary/aromatic N) is 5. The maximum atomic E-state index is 13.6. The summed E-state index contributed by atoms with van der Waals surface area (Å²) in [6, 6.07) is 17.4. The third kappa shape index (κ3) is 15.5. The number of nitrogens with one attached hydrogen (secondary N) is 5. The summed E-state index contributed by atoms with van der Waals surface area (Å²) in [6.07, 6.45) is 17.6. The molecule has 0 aromatic heterocycles. The molecule has 5 N–H and O–H groups in total. The van der Waals surface area contributed by atoms with Crippen LogP contribution in [0.5, 0.6) is 0 Å². The number of hydrogen-bond acceptors (Lipinski definition) is 11. The molecular weight excluding hydrogens is 1030 g/mol. The van der Waals surface area contributed by atoms with E-state index in [4.69, 9.17) is 0 Å². The zero-order valence-electron chi connectivity index (χ0n) is 48.1. The standard InChI is InChI=1S/C61H78N10O10/c1-40(2)33-47(57(75)64-37-54(73)66-56(41(3)4)59(77)62-9)65-58(76)50-27-22-32-68(50)55(74)38-63-53(72)30-16-13-21-31-67-48-25-19-17-23-45(48)60(5,6)51(67)28-14-11-10-12-15-29-52-61(7,8)46-24-18-20-26-49(46)69(52)39-42-34-43(70(78)79)36-44(35-42)71(80)81/h10-12,14-15,17-20,23-26,28-29,34-36,40-41,47,50,56H,13,16,21-22,27,30-33,37-39H2,1-9H3,(H4-,62,63,64,65,66,72,73,75,76,77)/p+1. The Morgan fingerprint density at radius 3 is 2.07 bits per heavy atom. The van der Waals surface area contributed by atoms with Crippen molar-refractivity contribution in [2.75, 3.05) is 38.1 Å². The van der Waals surface area contributed by atoms with Crippen molar-refractivity contribution in [1.82, 2.24) is 31.5 Å². The number of anilines is 1. The van der Waals surface area contributed by atoms with E-state index in [0.717, 1.165) is 53.8 Å². The molecule has 3 aromatic rings. The maximum Gasteiger partial charge on any atom is 0.276 e. The minimum absolute atomic E-state index is 0.0118. The molecule has 432 valence electrons. The van der Waals surface area contributed by atoms with E-state index >= 15 is 0 Å². The first kappa shape index (κ1) is 61.9. The van der Waals surface area contributed by atoms with E-state index in [1.165, 1.54) is 29.6 Å². The van der Waals surface area contributed by atoms with Crippen LogP contribution in [0.25, 0.3) is 0 Å². The van der Waals surface area contributed by atoms with Gasteiger partial charge in [0.15, 0.2) is 12.3 Å². The van der Waals surface area contributed by atoms with E-state index in [9.17, 15) is 49.0 Å². The van der Waals surface area contributed by atoms with Gasteiger partial charge in [-0.05, 0) is 75.5 Å². The molecule has 20 nitrogen and oxygen atoms in total. The largest absolute Gasteiger partial charge is 0.357 e. The van der Waals surface area contributed by atoms with Crippen molar-refractivity contribution in [3.63, 3.8) is 0 Å². The average molecular weight is 1110 g/mol. The van der Waals surface area contributed by atoms with Gasteiger partial charge in [-0.25, -0.2) is 0 Å². The fourth-order valence-electron chi connectivity index (χ4n) is 10.9. The van der Waals surface area contributed by atoms with E-state index in [1.807, 2.05) is 86.7 Å². The minimum atomic E-state index is -0.967. The number of carbonyl (C=O) groups excluding carboxylic acids is 6. The normalized spacial score (nSPS) is 17.5. The topological polar surface area (TPSA) is 258 Å². The number of para-hydroxylation sites is 2. The number of non-ortho nitro benzene ring substituents is 2. The van der Waals surface area contributed by atoms with E-state index in [2.05, 4.69) is 82.0 Å². The van der Waals surface area contributed by atoms with Crippen LogP contribution in [0.1, 0.15) is 117 Å². The average Bonchev–Trinajstić information content (AvgIpc) is 4.28. The summed E-state index contributed by atoms with van der Waals surface area (Å²) in [5.41, 5.74) is 5.45. The van der Waals surface area contributed by atoms with Gasteiger partial charge in [0.25, 0.3) is 11.4 Å². The van der Waals surface area contributed by atoms with E-state index in [1.54, 1.807) is 13.8 Å². The monoisotopic (exact) mass is 1110 g/mol. The van der Waals surface area contributed by atoms with Crippen LogP contribution in [0.2, 0.25) is 0 Å². The molecule has 1 saturated heterocycles. The smallest absolute Gasteiger partial charge is 0.276 e. The lowest BCUT2D eigenvalue weighted by Crippen LogP contribution is -2.56. The maximum absolute atomic E-state index is 13.6. The van der Waals surface area contributed by atoms with Crippen molar-refractivity contribution < 1.29 is 43.2 Å². The van der Waals surface area contributed by atoms with Crippen LogP contribution in [-0.4, -0.2) is 112 Å². The van der Waals surface area contributed by atoms with Crippen LogP contribution < -0.4 is 31.5 Å². The van der Waals surface area contributed by atoms with Crippen LogP contribution in [0, 0.1) is 32.1 Å². The predicted molar refractivity (Wildman–Crippen MR) is 312 cm³/mol. The van der Waals surface area contributed by atoms with Gasteiger partial charge in [0.05, 0.1) is 34.4 Å². The summed E-state index contributed by atoms with van der Waals surface area (Å²) >= 11 is 0. The van der Waals surface area contributed by atoms with Gasteiger partial charge in [0.1, 0.15) is 18.1 Å². The number of benzene rings is 3. The van der Waals surface area contributed by atoms with E-state index in [0.29, 0.717) is 31.4 Å². The van der Waals surface area contributed by atoms with Crippen LogP contribution in [-0.2, 0) is 46.1 Å². The Labute approximate surface area is 474 Å². The van der Waals surface area contributed by atoms with Crippen molar-refractivity contribution in [2.24, 2.45) is 11.8 Å². The first-order valence-electron chi connectivity index (χ1n) is 27.9. The molecule has 0 bridgehead atoms. The lowest BCUT2D eigenvalue weighted by atomic mass is 9.81. The number of allylic oxidation sites excluding steroid dienone is 8.